The summed E-state index contributed by atoms with van der Waals surface area (Å²) < 4.78 is 35.6. The molecule has 0 bridgehead atoms. The van der Waals surface area contributed by atoms with Crippen LogP contribution < -0.4 is 0 Å². The molecule has 4 rings (SSSR count). The van der Waals surface area contributed by atoms with Crippen LogP contribution in [0.25, 0.3) is 0 Å². The molecule has 1 aromatic carbocycles. The Morgan fingerprint density at radius 2 is 1.71 bits per heavy atom. The van der Waals surface area contributed by atoms with E-state index in [-0.39, 0.29) is 22.5 Å². The normalized spacial score (nSPS) is 18.5. The summed E-state index contributed by atoms with van der Waals surface area (Å²) in [6, 6.07) is 6.99. The fourth-order valence-electron chi connectivity index (χ4n) is 5.27. The topological polar surface area (TPSA) is 85.7 Å². The van der Waals surface area contributed by atoms with Crippen molar-refractivity contribution < 1.29 is 22.7 Å². The average molecular weight is 501 g/mol. The van der Waals surface area contributed by atoms with Gasteiger partial charge in [-0.05, 0) is 69.6 Å². The van der Waals surface area contributed by atoms with Crippen LogP contribution >= 0.6 is 0 Å². The van der Waals surface area contributed by atoms with Crippen molar-refractivity contribution in [2.24, 2.45) is 5.41 Å². The first-order valence-corrected chi connectivity index (χ1v) is 13.7. The van der Waals surface area contributed by atoms with Gasteiger partial charge < -0.3 is 4.74 Å². The minimum Gasteiger partial charge on any atom is -0.443 e. The highest BCUT2D eigenvalue weighted by Gasteiger charge is 2.39. The summed E-state index contributed by atoms with van der Waals surface area (Å²) in [5.41, 5.74) is 2.19. The number of ketones is 1. The first-order valence-electron chi connectivity index (χ1n) is 12.3. The van der Waals surface area contributed by atoms with Gasteiger partial charge in [-0.3, -0.25) is 9.36 Å². The summed E-state index contributed by atoms with van der Waals surface area (Å²) in [5, 5.41) is 0. The molecule has 7 nitrogen and oxygen atoms in total. The molecular formula is C27H36N2O5S. The summed E-state index contributed by atoms with van der Waals surface area (Å²) in [5.74, 6) is -0.0171. The summed E-state index contributed by atoms with van der Waals surface area (Å²) in [4.78, 5) is 26.9. The van der Waals surface area contributed by atoms with Crippen LogP contribution in [0.3, 0.4) is 0 Å². The van der Waals surface area contributed by atoms with Gasteiger partial charge in [0.25, 0.3) is 0 Å². The van der Waals surface area contributed by atoms with Crippen molar-refractivity contribution in [1.29, 1.82) is 0 Å². The number of carbonyl (C=O) groups is 2. The van der Waals surface area contributed by atoms with Gasteiger partial charge in [0.15, 0.2) is 5.78 Å². The van der Waals surface area contributed by atoms with Crippen molar-refractivity contribution in [3.63, 3.8) is 0 Å². The number of Topliss-reactive ketones (excluding diaryl/α,β-unsaturated/α-hetero) is 1. The molecule has 35 heavy (non-hydrogen) atoms. The van der Waals surface area contributed by atoms with Gasteiger partial charge in [0.05, 0.1) is 4.90 Å². The Hall–Kier alpha value is -2.45. The summed E-state index contributed by atoms with van der Waals surface area (Å²) in [7, 11) is -3.64. The highest BCUT2D eigenvalue weighted by molar-refractivity contribution is 7.89. The summed E-state index contributed by atoms with van der Waals surface area (Å²) in [6.07, 6.45) is 2.38. The molecule has 2 aliphatic rings. The first kappa shape index (κ1) is 25.6. The lowest BCUT2D eigenvalue weighted by Crippen LogP contribution is -2.32. The maximum atomic E-state index is 13.4. The monoisotopic (exact) mass is 500 g/mol. The molecule has 0 N–H and O–H groups in total. The number of rotatable bonds is 4. The minimum atomic E-state index is -3.64. The van der Waals surface area contributed by atoms with Crippen LogP contribution in [0.5, 0.6) is 0 Å². The number of ether oxygens (including phenoxy) is 1. The van der Waals surface area contributed by atoms with Crippen LogP contribution in [-0.2, 0) is 27.6 Å². The Morgan fingerprint density at radius 1 is 1.09 bits per heavy atom. The quantitative estimate of drug-likeness (QED) is 0.582. The van der Waals surface area contributed by atoms with Gasteiger partial charge in [0.2, 0.25) is 10.0 Å². The van der Waals surface area contributed by atoms with E-state index < -0.39 is 21.7 Å². The highest BCUT2D eigenvalue weighted by atomic mass is 32.2. The van der Waals surface area contributed by atoms with Crippen molar-refractivity contribution in [1.82, 2.24) is 8.87 Å². The number of fused-ring (bicyclic) bond motifs is 1. The molecule has 0 amide bonds. The molecule has 0 radical (unpaired) electrons. The summed E-state index contributed by atoms with van der Waals surface area (Å²) >= 11 is 0. The Labute approximate surface area is 208 Å². The lowest BCUT2D eigenvalue weighted by atomic mass is 9.75. The highest BCUT2D eigenvalue weighted by Crippen LogP contribution is 2.40. The average Bonchev–Trinajstić information content (AvgIpc) is 3.34. The van der Waals surface area contributed by atoms with Crippen molar-refractivity contribution in [3.05, 3.63) is 52.3 Å². The van der Waals surface area contributed by atoms with Crippen LogP contribution in [0.15, 0.2) is 29.2 Å². The standard InChI is InChI=1S/C27H36N2O5S/c1-18-20(15-19-11-7-8-12-23(19)35(32,33)28-13-9-10-14-28)24-21(16-27(5,6)17-22(24)30)29(18)25(31)34-26(2,3)4/h7-8,11-12H,9-10,13-17H2,1-6H3. The Balaban J connectivity index is 1.84. The largest absolute Gasteiger partial charge is 0.443 e. The van der Waals surface area contributed by atoms with E-state index in [4.69, 9.17) is 4.74 Å². The summed E-state index contributed by atoms with van der Waals surface area (Å²) in [6.45, 7) is 12.3. The van der Waals surface area contributed by atoms with Gasteiger partial charge >= 0.3 is 6.09 Å². The number of nitrogens with zero attached hydrogens (tertiary/aromatic N) is 2. The van der Waals surface area contributed by atoms with Crippen molar-refractivity contribution in [3.8, 4) is 0 Å². The molecule has 2 aromatic rings. The number of hydrogen-bond donors (Lipinski definition) is 0. The van der Waals surface area contributed by atoms with E-state index in [2.05, 4.69) is 0 Å². The molecule has 1 aromatic heterocycles. The number of benzene rings is 1. The fourth-order valence-corrected chi connectivity index (χ4v) is 7.01. The minimum absolute atomic E-state index is 0.0171. The van der Waals surface area contributed by atoms with Gasteiger partial charge in [0, 0.05) is 42.9 Å². The molecule has 1 saturated heterocycles. The van der Waals surface area contributed by atoms with Crippen LogP contribution in [-0.4, -0.2) is 47.9 Å². The zero-order chi connectivity index (χ0) is 25.8. The van der Waals surface area contributed by atoms with Gasteiger partial charge in [-0.2, -0.15) is 4.31 Å². The number of aromatic nitrogens is 1. The van der Waals surface area contributed by atoms with Crippen molar-refractivity contribution in [2.45, 2.75) is 84.1 Å². The first-order chi connectivity index (χ1) is 16.2. The van der Waals surface area contributed by atoms with Gasteiger partial charge in [-0.1, -0.05) is 32.0 Å². The van der Waals surface area contributed by atoms with E-state index in [1.54, 1.807) is 18.2 Å². The Kier molecular flexibility index (Phi) is 6.51. The molecule has 2 heterocycles. The maximum Gasteiger partial charge on any atom is 0.418 e. The molecular weight excluding hydrogens is 464 g/mol. The third-order valence-corrected chi connectivity index (χ3v) is 8.79. The van der Waals surface area contributed by atoms with E-state index >= 15 is 0 Å². The van der Waals surface area contributed by atoms with Gasteiger partial charge in [0.1, 0.15) is 5.60 Å². The molecule has 190 valence electrons. The molecule has 0 unspecified atom stereocenters. The molecule has 0 saturated carbocycles. The lowest BCUT2D eigenvalue weighted by molar-refractivity contribution is 0.0526. The van der Waals surface area contributed by atoms with E-state index in [1.165, 1.54) is 8.87 Å². The van der Waals surface area contributed by atoms with Gasteiger partial charge in [-0.15, -0.1) is 0 Å². The second kappa shape index (κ2) is 8.89. The zero-order valence-corrected chi connectivity index (χ0v) is 22.4. The molecule has 8 heteroatoms. The number of hydrogen-bond acceptors (Lipinski definition) is 5. The smallest absolute Gasteiger partial charge is 0.418 e. The molecule has 1 fully saturated rings. The second-order valence-electron chi connectivity index (χ2n) is 11.5. The maximum absolute atomic E-state index is 13.4. The van der Waals surface area contributed by atoms with E-state index in [9.17, 15) is 18.0 Å². The third-order valence-electron chi connectivity index (χ3n) is 6.80. The Morgan fingerprint density at radius 3 is 2.34 bits per heavy atom. The van der Waals surface area contributed by atoms with Crippen LogP contribution in [0.1, 0.15) is 86.8 Å². The second-order valence-corrected chi connectivity index (χ2v) is 13.4. The number of sulfonamides is 1. The van der Waals surface area contributed by atoms with Crippen LogP contribution in [0, 0.1) is 12.3 Å². The van der Waals surface area contributed by atoms with E-state index in [1.807, 2.05) is 47.6 Å². The van der Waals surface area contributed by atoms with Crippen molar-refractivity contribution >= 4 is 21.9 Å². The fraction of sp³-hybridized carbons (Fsp3) is 0.556. The van der Waals surface area contributed by atoms with Gasteiger partial charge in [-0.25, -0.2) is 13.2 Å². The SMILES string of the molecule is Cc1c(Cc2ccccc2S(=O)(=O)N2CCCC2)c2c(n1C(=O)OC(C)(C)C)CC(C)(C)CC2=O. The van der Waals surface area contributed by atoms with Crippen LogP contribution in [0.4, 0.5) is 4.79 Å². The molecule has 1 aliphatic heterocycles. The number of carbonyl (C=O) groups excluding carboxylic acids is 2. The van der Waals surface area contributed by atoms with Crippen LogP contribution in [0.2, 0.25) is 0 Å². The lowest BCUT2D eigenvalue weighted by Gasteiger charge is -2.30. The predicted octanol–water partition coefficient (Wildman–Crippen LogP) is 5.11. The third kappa shape index (κ3) is 4.96. The Bertz CT molecular complexity index is 1280. The predicted molar refractivity (Wildman–Crippen MR) is 134 cm³/mol. The van der Waals surface area contributed by atoms with Crippen molar-refractivity contribution in [2.75, 3.05) is 13.1 Å². The zero-order valence-electron chi connectivity index (χ0n) is 21.6. The molecule has 1 aliphatic carbocycles. The molecule has 0 atom stereocenters. The van der Waals surface area contributed by atoms with E-state index in [0.717, 1.165) is 12.8 Å². The van der Waals surface area contributed by atoms with E-state index in [0.29, 0.717) is 54.0 Å². The molecule has 0 spiro atoms.